The summed E-state index contributed by atoms with van der Waals surface area (Å²) in [6.07, 6.45) is -0.365. The zero-order chi connectivity index (χ0) is 10.7. The van der Waals surface area contributed by atoms with Crippen molar-refractivity contribution in [2.75, 3.05) is 0 Å². The Morgan fingerprint density at radius 3 is 2.64 bits per heavy atom. The van der Waals surface area contributed by atoms with Gasteiger partial charge in [-0.1, -0.05) is 12.1 Å². The van der Waals surface area contributed by atoms with Gasteiger partial charge in [0.1, 0.15) is 11.6 Å². The molecule has 3 N–H and O–H groups in total. The molecule has 76 valence electrons. The Balaban J connectivity index is 2.87. The van der Waals surface area contributed by atoms with Gasteiger partial charge in [-0.2, -0.15) is 0 Å². The minimum absolute atomic E-state index is 0.0471. The molecule has 1 aromatic carbocycles. The fourth-order valence-corrected chi connectivity index (χ4v) is 1.11. The average Bonchev–Trinajstić information content (AvgIpc) is 2.12. The topological polar surface area (TPSA) is 59.1 Å². The highest BCUT2D eigenvalue weighted by molar-refractivity contribution is 5.81. The van der Waals surface area contributed by atoms with Crippen LogP contribution in [0.15, 0.2) is 18.2 Å². The van der Waals surface area contributed by atoms with Crippen LogP contribution in [0.3, 0.4) is 0 Å². The number of amidine groups is 1. The van der Waals surface area contributed by atoms with E-state index in [9.17, 15) is 0 Å². The van der Waals surface area contributed by atoms with Crippen LogP contribution < -0.4 is 10.5 Å². The molecule has 0 aliphatic rings. The van der Waals surface area contributed by atoms with Crippen molar-refractivity contribution in [3.63, 3.8) is 0 Å². The molecule has 0 heterocycles. The number of benzene rings is 1. The summed E-state index contributed by atoms with van der Waals surface area (Å²) in [6.45, 7) is 5.79. The Kier molecular flexibility index (Phi) is 3.12. The van der Waals surface area contributed by atoms with Crippen LogP contribution in [-0.2, 0) is 0 Å². The Morgan fingerprint density at radius 2 is 2.07 bits per heavy atom. The summed E-state index contributed by atoms with van der Waals surface area (Å²) in [5.74, 6) is 0.846. The second kappa shape index (κ2) is 4.13. The van der Waals surface area contributed by atoms with E-state index in [2.05, 4.69) is 0 Å². The second-order valence-electron chi connectivity index (χ2n) is 3.41. The summed E-state index contributed by atoms with van der Waals surface area (Å²) in [5, 5.41) is 7.23. The molecule has 0 saturated carbocycles. The monoisotopic (exact) mass is 192 g/mol. The molecule has 0 amide bonds. The predicted octanol–water partition coefficient (Wildman–Crippen LogP) is 2.01. The van der Waals surface area contributed by atoms with Crippen LogP contribution in [0.25, 0.3) is 0 Å². The molecular formula is C11H16N2O. The van der Waals surface area contributed by atoms with Crippen LogP contribution in [0.4, 0.5) is 0 Å². The maximum Gasteiger partial charge on any atom is 0.152 e. The molecule has 1 atom stereocenters. The molecule has 0 aliphatic heterocycles. The van der Waals surface area contributed by atoms with Crippen LogP contribution in [0, 0.1) is 19.3 Å². The third-order valence-electron chi connectivity index (χ3n) is 2.30. The standard InChI is InChI=1S/C11H16N2O/c1-7-5-4-6-10(8(7)2)14-9(3)11(12)13/h4-6,9H,1-3H3,(H3,12,13). The summed E-state index contributed by atoms with van der Waals surface area (Å²) in [4.78, 5) is 0. The number of hydrogen-bond donors (Lipinski definition) is 2. The van der Waals surface area contributed by atoms with E-state index in [-0.39, 0.29) is 11.9 Å². The maximum absolute atomic E-state index is 7.23. The van der Waals surface area contributed by atoms with Crippen molar-refractivity contribution in [1.29, 1.82) is 5.41 Å². The highest BCUT2D eigenvalue weighted by Crippen LogP contribution is 2.21. The van der Waals surface area contributed by atoms with E-state index in [1.807, 2.05) is 32.0 Å². The fraction of sp³-hybridized carbons (Fsp3) is 0.364. The van der Waals surface area contributed by atoms with E-state index in [1.54, 1.807) is 6.92 Å². The number of nitrogens with two attached hydrogens (primary N) is 1. The predicted molar refractivity (Wildman–Crippen MR) is 57.9 cm³/mol. The first-order chi connectivity index (χ1) is 6.52. The molecule has 3 heteroatoms. The first-order valence-corrected chi connectivity index (χ1v) is 4.59. The quantitative estimate of drug-likeness (QED) is 0.568. The van der Waals surface area contributed by atoms with Gasteiger partial charge in [-0.05, 0) is 38.0 Å². The van der Waals surface area contributed by atoms with Crippen molar-refractivity contribution in [2.24, 2.45) is 5.73 Å². The summed E-state index contributed by atoms with van der Waals surface area (Å²) in [6, 6.07) is 5.85. The lowest BCUT2D eigenvalue weighted by molar-refractivity contribution is 0.282. The van der Waals surface area contributed by atoms with Gasteiger partial charge in [0.05, 0.1) is 0 Å². The fourth-order valence-electron chi connectivity index (χ4n) is 1.11. The lowest BCUT2D eigenvalue weighted by Gasteiger charge is -2.15. The third kappa shape index (κ3) is 2.25. The van der Waals surface area contributed by atoms with Gasteiger partial charge in [-0.15, -0.1) is 0 Å². The van der Waals surface area contributed by atoms with E-state index in [1.165, 1.54) is 5.56 Å². The zero-order valence-electron chi connectivity index (χ0n) is 8.79. The first kappa shape index (κ1) is 10.6. The van der Waals surface area contributed by atoms with Gasteiger partial charge in [-0.25, -0.2) is 0 Å². The lowest BCUT2D eigenvalue weighted by atomic mass is 10.1. The van der Waals surface area contributed by atoms with E-state index in [0.29, 0.717) is 0 Å². The Bertz CT molecular complexity index is 347. The number of rotatable bonds is 3. The lowest BCUT2D eigenvalue weighted by Crippen LogP contribution is -2.30. The van der Waals surface area contributed by atoms with Crippen LogP contribution >= 0.6 is 0 Å². The van der Waals surface area contributed by atoms with Gasteiger partial charge in [-0.3, -0.25) is 5.41 Å². The zero-order valence-corrected chi connectivity index (χ0v) is 8.79. The molecule has 0 saturated heterocycles. The first-order valence-electron chi connectivity index (χ1n) is 4.59. The summed E-state index contributed by atoms with van der Waals surface area (Å²) in [5.41, 5.74) is 7.61. The molecule has 0 radical (unpaired) electrons. The SMILES string of the molecule is Cc1cccc(OC(C)C(=N)N)c1C. The van der Waals surface area contributed by atoms with Gasteiger partial charge < -0.3 is 10.5 Å². The Morgan fingerprint density at radius 1 is 1.43 bits per heavy atom. The minimum Gasteiger partial charge on any atom is -0.483 e. The number of ether oxygens (including phenoxy) is 1. The minimum atomic E-state index is -0.365. The van der Waals surface area contributed by atoms with E-state index < -0.39 is 0 Å². The molecule has 1 rings (SSSR count). The second-order valence-corrected chi connectivity index (χ2v) is 3.41. The largest absolute Gasteiger partial charge is 0.483 e. The van der Waals surface area contributed by atoms with Crippen LogP contribution in [0.5, 0.6) is 5.75 Å². The molecule has 1 aromatic rings. The molecule has 0 aromatic heterocycles. The highest BCUT2D eigenvalue weighted by Gasteiger charge is 2.09. The van der Waals surface area contributed by atoms with Crippen molar-refractivity contribution in [2.45, 2.75) is 26.9 Å². The van der Waals surface area contributed by atoms with Gasteiger partial charge in [0.15, 0.2) is 6.10 Å². The molecule has 0 bridgehead atoms. The number of aryl methyl sites for hydroxylation is 1. The maximum atomic E-state index is 7.23. The Labute approximate surface area is 84.4 Å². The third-order valence-corrected chi connectivity index (χ3v) is 2.30. The number of hydrogen-bond acceptors (Lipinski definition) is 2. The summed E-state index contributed by atoms with van der Waals surface area (Å²) >= 11 is 0. The molecule has 1 unspecified atom stereocenters. The van der Waals surface area contributed by atoms with E-state index in [0.717, 1.165) is 11.3 Å². The normalized spacial score (nSPS) is 12.2. The van der Waals surface area contributed by atoms with Gasteiger partial charge in [0.25, 0.3) is 0 Å². The van der Waals surface area contributed by atoms with Crippen LogP contribution in [0.1, 0.15) is 18.1 Å². The molecule has 0 aliphatic carbocycles. The van der Waals surface area contributed by atoms with Gasteiger partial charge in [0.2, 0.25) is 0 Å². The van der Waals surface area contributed by atoms with Gasteiger partial charge in [0, 0.05) is 0 Å². The number of nitrogens with one attached hydrogen (secondary N) is 1. The molecule has 0 spiro atoms. The molecule has 14 heavy (non-hydrogen) atoms. The van der Waals surface area contributed by atoms with Crippen molar-refractivity contribution in [1.82, 2.24) is 0 Å². The van der Waals surface area contributed by atoms with Crippen molar-refractivity contribution in [3.05, 3.63) is 29.3 Å². The molecule has 3 nitrogen and oxygen atoms in total. The van der Waals surface area contributed by atoms with E-state index >= 15 is 0 Å². The average molecular weight is 192 g/mol. The van der Waals surface area contributed by atoms with Crippen molar-refractivity contribution >= 4 is 5.84 Å². The van der Waals surface area contributed by atoms with Crippen molar-refractivity contribution < 1.29 is 4.74 Å². The highest BCUT2D eigenvalue weighted by atomic mass is 16.5. The smallest absolute Gasteiger partial charge is 0.152 e. The molecule has 0 fully saturated rings. The van der Waals surface area contributed by atoms with Crippen LogP contribution in [-0.4, -0.2) is 11.9 Å². The van der Waals surface area contributed by atoms with Crippen LogP contribution in [0.2, 0.25) is 0 Å². The van der Waals surface area contributed by atoms with E-state index in [4.69, 9.17) is 15.9 Å². The Hall–Kier alpha value is -1.51. The van der Waals surface area contributed by atoms with Gasteiger partial charge >= 0.3 is 0 Å². The van der Waals surface area contributed by atoms with Crippen molar-refractivity contribution in [3.8, 4) is 5.75 Å². The molecular weight excluding hydrogens is 176 g/mol. The summed E-state index contributed by atoms with van der Waals surface area (Å²) in [7, 11) is 0. The summed E-state index contributed by atoms with van der Waals surface area (Å²) < 4.78 is 5.54.